The number of carboxylic acids is 1. The molecule has 0 aliphatic rings. The Labute approximate surface area is 195 Å². The molecule has 10 N–H and O–H groups in total. The van der Waals surface area contributed by atoms with Crippen molar-refractivity contribution >= 4 is 29.7 Å². The van der Waals surface area contributed by atoms with Crippen LogP contribution in [0.2, 0.25) is 0 Å². The van der Waals surface area contributed by atoms with Gasteiger partial charge in [0.2, 0.25) is 17.7 Å². The average Bonchev–Trinajstić information content (AvgIpc) is 2.76. The van der Waals surface area contributed by atoms with Gasteiger partial charge in [-0.15, -0.1) is 0 Å². The molecule has 0 aromatic carbocycles. The Morgan fingerprint density at radius 3 is 1.94 bits per heavy atom. The second-order valence-corrected chi connectivity index (χ2v) is 8.36. The zero-order chi connectivity index (χ0) is 25.7. The molecule has 190 valence electrons. The van der Waals surface area contributed by atoms with Gasteiger partial charge in [-0.3, -0.25) is 24.2 Å². The lowest BCUT2D eigenvalue weighted by Gasteiger charge is -2.28. The van der Waals surface area contributed by atoms with Gasteiger partial charge >= 0.3 is 5.97 Å². The first-order valence-electron chi connectivity index (χ1n) is 11.3. The van der Waals surface area contributed by atoms with Crippen LogP contribution in [0.25, 0.3) is 0 Å². The van der Waals surface area contributed by atoms with Gasteiger partial charge in [0.25, 0.3) is 0 Å². The number of nitrogens with one attached hydrogen (secondary N) is 3. The number of carbonyl (C=O) groups is 4. The minimum Gasteiger partial charge on any atom is -0.480 e. The van der Waals surface area contributed by atoms with Gasteiger partial charge in [0.1, 0.15) is 18.1 Å². The summed E-state index contributed by atoms with van der Waals surface area (Å²) in [6.45, 7) is 8.99. The van der Waals surface area contributed by atoms with Gasteiger partial charge in [-0.25, -0.2) is 0 Å². The maximum atomic E-state index is 13.1. The number of hydrogen-bond donors (Lipinski definition) is 7. The number of aliphatic imine (C=N–C) groups is 1. The third-order valence-electron chi connectivity index (χ3n) is 5.66. The maximum absolute atomic E-state index is 13.1. The molecule has 0 fully saturated rings. The van der Waals surface area contributed by atoms with Crippen molar-refractivity contribution in [1.82, 2.24) is 16.0 Å². The van der Waals surface area contributed by atoms with Crippen molar-refractivity contribution in [2.75, 3.05) is 6.54 Å². The van der Waals surface area contributed by atoms with Crippen molar-refractivity contribution < 1.29 is 24.3 Å². The summed E-state index contributed by atoms with van der Waals surface area (Å²) in [7, 11) is 0. The lowest BCUT2D eigenvalue weighted by molar-refractivity contribution is -0.142. The Bertz CT molecular complexity index is 696. The van der Waals surface area contributed by atoms with E-state index < -0.39 is 47.9 Å². The molecule has 0 radical (unpaired) electrons. The molecule has 0 aromatic rings. The van der Waals surface area contributed by atoms with Crippen molar-refractivity contribution in [2.45, 2.75) is 84.5 Å². The maximum Gasteiger partial charge on any atom is 0.325 e. The Balaban J connectivity index is 5.52. The summed E-state index contributed by atoms with van der Waals surface area (Å²) >= 11 is 0. The van der Waals surface area contributed by atoms with E-state index in [1.54, 1.807) is 6.92 Å². The monoisotopic (exact) mass is 471 g/mol. The van der Waals surface area contributed by atoms with Crippen LogP contribution in [0.15, 0.2) is 4.99 Å². The van der Waals surface area contributed by atoms with Gasteiger partial charge in [0.05, 0.1) is 6.04 Å². The van der Waals surface area contributed by atoms with E-state index in [1.165, 1.54) is 6.92 Å². The van der Waals surface area contributed by atoms with Crippen molar-refractivity contribution in [1.29, 1.82) is 0 Å². The number of amides is 3. The van der Waals surface area contributed by atoms with Gasteiger partial charge in [-0.1, -0.05) is 40.5 Å². The predicted octanol–water partition coefficient (Wildman–Crippen LogP) is -0.982. The highest BCUT2D eigenvalue weighted by Gasteiger charge is 2.32. The van der Waals surface area contributed by atoms with Crippen LogP contribution in [0.4, 0.5) is 0 Å². The number of aliphatic carboxylic acids is 1. The van der Waals surface area contributed by atoms with E-state index in [4.69, 9.17) is 22.3 Å². The minimum absolute atomic E-state index is 0.0720. The van der Waals surface area contributed by atoms with E-state index in [-0.39, 0.29) is 30.8 Å². The third-order valence-corrected chi connectivity index (χ3v) is 5.66. The zero-order valence-corrected chi connectivity index (χ0v) is 20.3. The van der Waals surface area contributed by atoms with Gasteiger partial charge in [-0.2, -0.15) is 0 Å². The molecule has 3 amide bonds. The summed E-state index contributed by atoms with van der Waals surface area (Å²) in [5.41, 5.74) is 16.6. The van der Waals surface area contributed by atoms with Gasteiger partial charge in [-0.05, 0) is 31.6 Å². The van der Waals surface area contributed by atoms with Crippen LogP contribution in [0.1, 0.15) is 60.3 Å². The summed E-state index contributed by atoms with van der Waals surface area (Å²) in [5, 5.41) is 16.8. The van der Waals surface area contributed by atoms with E-state index in [1.807, 2.05) is 20.8 Å². The standard InChI is InChI=1S/C21H41N7O5/c1-6-11(3)15(22)18(30)28-16(12(4)7-2)19(31)27-14(9-8-10-25-21(23)24)17(29)26-13(5)20(32)33/h11-16H,6-10,22H2,1-5H3,(H,26,29)(H,27,31)(H,28,30)(H,32,33)(H4,23,24,25). The first kappa shape index (κ1) is 30.1. The lowest BCUT2D eigenvalue weighted by atomic mass is 9.95. The van der Waals surface area contributed by atoms with Gasteiger partial charge < -0.3 is 38.3 Å². The number of guanidine groups is 1. The van der Waals surface area contributed by atoms with Crippen LogP contribution in [0.3, 0.4) is 0 Å². The second-order valence-electron chi connectivity index (χ2n) is 8.36. The van der Waals surface area contributed by atoms with Crippen LogP contribution in [0, 0.1) is 11.8 Å². The topological polar surface area (TPSA) is 215 Å². The Morgan fingerprint density at radius 2 is 1.45 bits per heavy atom. The molecule has 0 rings (SSSR count). The second kappa shape index (κ2) is 15.0. The molecule has 0 aliphatic carbocycles. The predicted molar refractivity (Wildman–Crippen MR) is 126 cm³/mol. The normalized spacial score (nSPS) is 16.3. The van der Waals surface area contributed by atoms with Crippen LogP contribution < -0.4 is 33.2 Å². The molecule has 0 bridgehead atoms. The van der Waals surface area contributed by atoms with Crippen molar-refractivity contribution in [3.8, 4) is 0 Å². The number of carboxylic acid groups (broad SMARTS) is 1. The smallest absolute Gasteiger partial charge is 0.325 e. The van der Waals surface area contributed by atoms with Crippen LogP contribution in [-0.2, 0) is 19.2 Å². The fourth-order valence-electron chi connectivity index (χ4n) is 2.87. The van der Waals surface area contributed by atoms with Crippen LogP contribution in [-0.4, -0.2) is 65.5 Å². The molecule has 0 saturated carbocycles. The number of nitrogens with zero attached hydrogens (tertiary/aromatic N) is 1. The number of carbonyl (C=O) groups excluding carboxylic acids is 3. The number of nitrogens with two attached hydrogens (primary N) is 3. The molecule has 0 spiro atoms. The molecule has 0 aliphatic heterocycles. The van der Waals surface area contributed by atoms with Crippen LogP contribution >= 0.6 is 0 Å². The van der Waals surface area contributed by atoms with E-state index in [0.717, 1.165) is 0 Å². The first-order chi connectivity index (χ1) is 15.3. The molecular formula is C21H41N7O5. The van der Waals surface area contributed by atoms with Crippen molar-refractivity contribution in [3.63, 3.8) is 0 Å². The zero-order valence-electron chi connectivity index (χ0n) is 20.3. The lowest BCUT2D eigenvalue weighted by Crippen LogP contribution is -2.59. The SMILES string of the molecule is CCC(C)C(N)C(=O)NC(C(=O)NC(CCCN=C(N)N)C(=O)NC(C)C(=O)O)C(C)CC. The Hall–Kier alpha value is -2.89. The summed E-state index contributed by atoms with van der Waals surface area (Å²) in [6, 6.07) is -3.87. The van der Waals surface area contributed by atoms with E-state index in [2.05, 4.69) is 20.9 Å². The molecule has 6 atom stereocenters. The van der Waals surface area contributed by atoms with Crippen molar-refractivity contribution in [2.24, 2.45) is 34.0 Å². The highest BCUT2D eigenvalue weighted by molar-refractivity contribution is 5.94. The molecule has 0 aromatic heterocycles. The highest BCUT2D eigenvalue weighted by Crippen LogP contribution is 2.12. The van der Waals surface area contributed by atoms with E-state index in [0.29, 0.717) is 19.3 Å². The third kappa shape index (κ3) is 11.0. The molecular weight excluding hydrogens is 430 g/mol. The van der Waals surface area contributed by atoms with Gasteiger partial charge in [0, 0.05) is 6.54 Å². The molecule has 0 saturated heterocycles. The molecule has 0 heterocycles. The molecule has 12 nitrogen and oxygen atoms in total. The summed E-state index contributed by atoms with van der Waals surface area (Å²) in [6.07, 6.45) is 1.81. The molecule has 6 unspecified atom stereocenters. The van der Waals surface area contributed by atoms with E-state index >= 15 is 0 Å². The Kier molecular flexibility index (Phi) is 13.7. The largest absolute Gasteiger partial charge is 0.480 e. The average molecular weight is 472 g/mol. The van der Waals surface area contributed by atoms with Crippen LogP contribution in [0.5, 0.6) is 0 Å². The Morgan fingerprint density at radius 1 is 0.879 bits per heavy atom. The minimum atomic E-state index is -1.21. The number of hydrogen-bond acceptors (Lipinski definition) is 6. The first-order valence-corrected chi connectivity index (χ1v) is 11.3. The summed E-state index contributed by atoms with van der Waals surface area (Å²) < 4.78 is 0. The quantitative estimate of drug-likeness (QED) is 0.0892. The summed E-state index contributed by atoms with van der Waals surface area (Å²) in [5.74, 6) is -3.28. The summed E-state index contributed by atoms with van der Waals surface area (Å²) in [4.78, 5) is 53.3. The molecule has 12 heteroatoms. The fourth-order valence-corrected chi connectivity index (χ4v) is 2.87. The fraction of sp³-hybridized carbons (Fsp3) is 0.762. The van der Waals surface area contributed by atoms with Gasteiger partial charge in [0.15, 0.2) is 5.96 Å². The van der Waals surface area contributed by atoms with Crippen molar-refractivity contribution in [3.05, 3.63) is 0 Å². The van der Waals surface area contributed by atoms with E-state index in [9.17, 15) is 19.2 Å². The molecule has 33 heavy (non-hydrogen) atoms. The number of rotatable bonds is 15. The highest BCUT2D eigenvalue weighted by atomic mass is 16.4.